The molecule has 0 amide bonds. The van der Waals surface area contributed by atoms with E-state index in [0.717, 1.165) is 29.2 Å². The lowest BCUT2D eigenvalue weighted by molar-refractivity contribution is 0.502. The van der Waals surface area contributed by atoms with Crippen molar-refractivity contribution in [3.63, 3.8) is 0 Å². The first-order valence-corrected chi connectivity index (χ1v) is 7.67. The van der Waals surface area contributed by atoms with Gasteiger partial charge in [0.05, 0.1) is 0 Å². The van der Waals surface area contributed by atoms with E-state index in [4.69, 9.17) is 0 Å². The first kappa shape index (κ1) is 13.0. The van der Waals surface area contributed by atoms with Crippen LogP contribution in [0.3, 0.4) is 0 Å². The molecule has 0 aliphatic heterocycles. The Hall–Kier alpha value is -0.970. The summed E-state index contributed by atoms with van der Waals surface area (Å²) in [6.45, 7) is 4.07. The molecular weight excluding hydrogens is 259 g/mol. The monoisotopic (exact) mass is 278 g/mol. The predicted octanol–water partition coefficient (Wildman–Crippen LogP) is 3.27. The van der Waals surface area contributed by atoms with Crippen LogP contribution in [-0.2, 0) is 6.54 Å². The minimum absolute atomic E-state index is 0.160. The van der Waals surface area contributed by atoms with Crippen LogP contribution in [0.1, 0.15) is 24.6 Å². The van der Waals surface area contributed by atoms with Gasteiger partial charge in [-0.2, -0.15) is 0 Å². The molecular formula is C15H19FN2S. The Morgan fingerprint density at radius 1 is 1.37 bits per heavy atom. The molecule has 2 nitrogen and oxygen atoms in total. The van der Waals surface area contributed by atoms with Gasteiger partial charge in [-0.15, -0.1) is 11.3 Å². The van der Waals surface area contributed by atoms with Gasteiger partial charge in [-0.05, 0) is 49.4 Å². The average molecular weight is 278 g/mol. The van der Waals surface area contributed by atoms with Crippen LogP contribution < -0.4 is 10.6 Å². The fourth-order valence-electron chi connectivity index (χ4n) is 2.13. The summed E-state index contributed by atoms with van der Waals surface area (Å²) >= 11 is 1.74. The molecule has 19 heavy (non-hydrogen) atoms. The molecule has 3 rings (SSSR count). The molecule has 1 heterocycles. The second kappa shape index (κ2) is 5.57. The van der Waals surface area contributed by atoms with Gasteiger partial charge in [-0.25, -0.2) is 4.39 Å². The summed E-state index contributed by atoms with van der Waals surface area (Å²) in [4.78, 5) is 1.26. The van der Waals surface area contributed by atoms with Crippen molar-refractivity contribution in [1.29, 1.82) is 0 Å². The molecule has 1 aliphatic carbocycles. The quantitative estimate of drug-likeness (QED) is 0.847. The summed E-state index contributed by atoms with van der Waals surface area (Å²) in [7, 11) is 0. The van der Waals surface area contributed by atoms with Crippen LogP contribution in [0.25, 0.3) is 10.1 Å². The highest BCUT2D eigenvalue weighted by Crippen LogP contribution is 2.26. The van der Waals surface area contributed by atoms with Crippen LogP contribution in [0.5, 0.6) is 0 Å². The summed E-state index contributed by atoms with van der Waals surface area (Å²) in [5, 5.41) is 8.03. The molecule has 1 atom stereocenters. The fraction of sp³-hybridized carbons (Fsp3) is 0.467. The van der Waals surface area contributed by atoms with Crippen molar-refractivity contribution in [1.82, 2.24) is 10.6 Å². The highest BCUT2D eigenvalue weighted by Gasteiger charge is 2.20. The largest absolute Gasteiger partial charge is 0.312 e. The zero-order valence-electron chi connectivity index (χ0n) is 11.1. The summed E-state index contributed by atoms with van der Waals surface area (Å²) in [6.07, 6.45) is 2.66. The molecule has 0 radical (unpaired) electrons. The summed E-state index contributed by atoms with van der Waals surface area (Å²) in [6, 6.07) is 8.29. The molecule has 2 N–H and O–H groups in total. The zero-order chi connectivity index (χ0) is 13.2. The number of thiophene rings is 1. The molecule has 2 aromatic rings. The Kier molecular flexibility index (Phi) is 3.82. The van der Waals surface area contributed by atoms with Crippen LogP contribution in [0.4, 0.5) is 4.39 Å². The second-order valence-electron chi connectivity index (χ2n) is 5.36. The lowest BCUT2D eigenvalue weighted by Gasteiger charge is -2.13. The smallest absolute Gasteiger partial charge is 0.123 e. The van der Waals surface area contributed by atoms with Gasteiger partial charge >= 0.3 is 0 Å². The second-order valence-corrected chi connectivity index (χ2v) is 6.53. The molecule has 0 bridgehead atoms. The summed E-state index contributed by atoms with van der Waals surface area (Å²) < 4.78 is 14.3. The predicted molar refractivity (Wildman–Crippen MR) is 79.1 cm³/mol. The van der Waals surface area contributed by atoms with Gasteiger partial charge in [-0.3, -0.25) is 0 Å². The van der Waals surface area contributed by atoms with E-state index in [9.17, 15) is 4.39 Å². The van der Waals surface area contributed by atoms with Crippen LogP contribution in [0.15, 0.2) is 24.3 Å². The Morgan fingerprint density at radius 3 is 3.00 bits per heavy atom. The van der Waals surface area contributed by atoms with Gasteiger partial charge in [0.15, 0.2) is 0 Å². The van der Waals surface area contributed by atoms with Gasteiger partial charge < -0.3 is 10.6 Å². The maximum Gasteiger partial charge on any atom is 0.123 e. The van der Waals surface area contributed by atoms with Crippen molar-refractivity contribution in [2.45, 2.75) is 38.4 Å². The van der Waals surface area contributed by atoms with Crippen molar-refractivity contribution in [2.24, 2.45) is 0 Å². The van der Waals surface area contributed by atoms with Gasteiger partial charge in [0.25, 0.3) is 0 Å². The van der Waals surface area contributed by atoms with Crippen LogP contribution in [-0.4, -0.2) is 18.6 Å². The number of benzene rings is 1. The van der Waals surface area contributed by atoms with Crippen LogP contribution in [0, 0.1) is 5.82 Å². The van der Waals surface area contributed by atoms with E-state index in [2.05, 4.69) is 23.6 Å². The van der Waals surface area contributed by atoms with E-state index in [0.29, 0.717) is 6.04 Å². The van der Waals surface area contributed by atoms with Gasteiger partial charge in [-0.1, -0.05) is 0 Å². The number of rotatable bonds is 6. The number of nitrogens with one attached hydrogen (secondary N) is 2. The third kappa shape index (κ3) is 3.53. The lowest BCUT2D eigenvalue weighted by Crippen LogP contribution is -2.36. The van der Waals surface area contributed by atoms with E-state index < -0.39 is 0 Å². The van der Waals surface area contributed by atoms with Crippen molar-refractivity contribution >= 4 is 21.4 Å². The molecule has 1 fully saturated rings. The Balaban J connectivity index is 1.55. The minimum Gasteiger partial charge on any atom is -0.312 e. The normalized spacial score (nSPS) is 16.9. The molecule has 1 aromatic heterocycles. The Bertz CT molecular complexity index is 562. The van der Waals surface area contributed by atoms with Gasteiger partial charge in [0.1, 0.15) is 5.82 Å². The minimum atomic E-state index is -0.160. The molecule has 1 unspecified atom stereocenters. The average Bonchev–Trinajstić information content (AvgIpc) is 3.13. The van der Waals surface area contributed by atoms with Crippen molar-refractivity contribution in [2.75, 3.05) is 6.54 Å². The maximum atomic E-state index is 13.1. The van der Waals surface area contributed by atoms with Gasteiger partial charge in [0.2, 0.25) is 0 Å². The molecule has 4 heteroatoms. The number of hydrogen-bond donors (Lipinski definition) is 2. The molecule has 102 valence electrons. The highest BCUT2D eigenvalue weighted by molar-refractivity contribution is 7.19. The standard InChI is InChI=1S/C15H19FN2S/c1-10(8-18-13-3-4-13)17-9-14-7-11-6-12(16)2-5-15(11)19-14/h2,5-7,10,13,17-18H,3-4,8-9H2,1H3. The van der Waals surface area contributed by atoms with Crippen molar-refractivity contribution in [3.8, 4) is 0 Å². The Morgan fingerprint density at radius 2 is 2.21 bits per heavy atom. The highest BCUT2D eigenvalue weighted by atomic mass is 32.1. The number of halogens is 1. The SMILES string of the molecule is CC(CNC1CC1)NCc1cc2cc(F)ccc2s1. The molecule has 1 aromatic carbocycles. The van der Waals surface area contributed by atoms with E-state index in [-0.39, 0.29) is 5.82 Å². The van der Waals surface area contributed by atoms with E-state index in [1.165, 1.54) is 23.8 Å². The number of hydrogen-bond acceptors (Lipinski definition) is 3. The fourth-order valence-corrected chi connectivity index (χ4v) is 3.13. The molecule has 0 saturated heterocycles. The Labute approximate surface area is 117 Å². The summed E-state index contributed by atoms with van der Waals surface area (Å²) in [5.74, 6) is -0.160. The molecule has 1 aliphatic rings. The topological polar surface area (TPSA) is 24.1 Å². The van der Waals surface area contributed by atoms with Crippen LogP contribution in [0.2, 0.25) is 0 Å². The molecule has 0 spiro atoms. The molecule has 1 saturated carbocycles. The third-order valence-corrected chi connectivity index (χ3v) is 4.56. The van der Waals surface area contributed by atoms with E-state index in [1.54, 1.807) is 17.4 Å². The van der Waals surface area contributed by atoms with E-state index >= 15 is 0 Å². The first-order chi connectivity index (χ1) is 9.20. The summed E-state index contributed by atoms with van der Waals surface area (Å²) in [5.41, 5.74) is 0. The van der Waals surface area contributed by atoms with Crippen molar-refractivity contribution < 1.29 is 4.39 Å². The lowest BCUT2D eigenvalue weighted by atomic mass is 10.2. The van der Waals surface area contributed by atoms with Gasteiger partial charge in [0, 0.05) is 34.8 Å². The maximum absolute atomic E-state index is 13.1. The zero-order valence-corrected chi connectivity index (χ0v) is 11.9. The van der Waals surface area contributed by atoms with Crippen LogP contribution >= 0.6 is 11.3 Å². The van der Waals surface area contributed by atoms with E-state index in [1.807, 2.05) is 6.07 Å². The van der Waals surface area contributed by atoms with Crippen molar-refractivity contribution in [3.05, 3.63) is 35.0 Å². The number of fused-ring (bicyclic) bond motifs is 1. The first-order valence-electron chi connectivity index (χ1n) is 6.85. The third-order valence-electron chi connectivity index (χ3n) is 3.44.